The van der Waals surface area contributed by atoms with E-state index in [0.717, 1.165) is 39.3 Å². The summed E-state index contributed by atoms with van der Waals surface area (Å²) in [4.78, 5) is 16.7. The number of nitrogens with zero attached hydrogens (tertiary/aromatic N) is 3. The predicted octanol–water partition coefficient (Wildman–Crippen LogP) is 2.13. The second kappa shape index (κ2) is 8.08. The number of benzene rings is 1. The van der Waals surface area contributed by atoms with Gasteiger partial charge in [-0.05, 0) is 12.5 Å². The lowest BCUT2D eigenvalue weighted by Crippen LogP contribution is -2.46. The highest BCUT2D eigenvalue weighted by molar-refractivity contribution is 5.89. The van der Waals surface area contributed by atoms with Gasteiger partial charge in [-0.1, -0.05) is 35.5 Å². The number of nitrogens with one attached hydrogen (secondary N) is 1. The van der Waals surface area contributed by atoms with Crippen molar-refractivity contribution in [3.8, 4) is 0 Å². The first kappa shape index (κ1) is 16.7. The van der Waals surface area contributed by atoms with Crippen LogP contribution < -0.4 is 5.32 Å². The maximum atomic E-state index is 11.9. The van der Waals surface area contributed by atoms with Gasteiger partial charge in [0.15, 0.2) is 5.82 Å². The molecule has 1 aliphatic rings. The number of anilines is 1. The van der Waals surface area contributed by atoms with Crippen LogP contribution in [-0.4, -0.2) is 53.6 Å². The number of carbonyl (C=O) groups is 1. The topological polar surface area (TPSA) is 61.6 Å². The van der Waals surface area contributed by atoms with Crippen LogP contribution in [0.5, 0.6) is 0 Å². The maximum Gasteiger partial charge on any atom is 0.226 e. The number of hydrogen-bond donors (Lipinski definition) is 1. The third-order valence-electron chi connectivity index (χ3n) is 4.26. The number of aryl methyl sites for hydroxylation is 1. The fraction of sp³-hybridized carbons (Fsp3) is 0.444. The normalized spacial score (nSPS) is 16.2. The zero-order valence-corrected chi connectivity index (χ0v) is 14.1. The molecule has 3 rings (SSSR count). The molecule has 0 unspecified atom stereocenters. The second-order valence-corrected chi connectivity index (χ2v) is 6.22. The van der Waals surface area contributed by atoms with Gasteiger partial charge >= 0.3 is 0 Å². The van der Waals surface area contributed by atoms with Crippen LogP contribution in [0.3, 0.4) is 0 Å². The molecule has 128 valence electrons. The van der Waals surface area contributed by atoms with E-state index in [-0.39, 0.29) is 5.91 Å². The minimum absolute atomic E-state index is 0.0185. The Morgan fingerprint density at radius 1 is 1.17 bits per heavy atom. The van der Waals surface area contributed by atoms with E-state index < -0.39 is 0 Å². The highest BCUT2D eigenvalue weighted by Crippen LogP contribution is 2.10. The van der Waals surface area contributed by atoms with Gasteiger partial charge in [-0.15, -0.1) is 0 Å². The zero-order chi connectivity index (χ0) is 16.8. The molecule has 1 fully saturated rings. The standard InChI is InChI=1S/C18H24N4O2/c1-15-13-17(20-24-15)19-18(23)7-8-21-9-11-22(12-10-21)14-16-5-3-2-4-6-16/h2-6,13H,7-12,14H2,1H3,(H,19,20,23). The molecule has 1 aliphatic heterocycles. The number of aromatic nitrogens is 1. The molecule has 24 heavy (non-hydrogen) atoms. The van der Waals surface area contributed by atoms with Crippen LogP contribution in [0, 0.1) is 6.92 Å². The molecule has 0 aliphatic carbocycles. The van der Waals surface area contributed by atoms with Gasteiger partial charge in [0, 0.05) is 51.8 Å². The van der Waals surface area contributed by atoms with Crippen molar-refractivity contribution < 1.29 is 9.32 Å². The average molecular weight is 328 g/mol. The Bertz CT molecular complexity index is 648. The largest absolute Gasteiger partial charge is 0.360 e. The quantitative estimate of drug-likeness (QED) is 0.880. The van der Waals surface area contributed by atoms with Crippen LogP contribution in [0.15, 0.2) is 40.9 Å². The molecule has 6 heteroatoms. The van der Waals surface area contributed by atoms with Gasteiger partial charge < -0.3 is 14.7 Å². The fourth-order valence-corrected chi connectivity index (χ4v) is 2.90. The van der Waals surface area contributed by atoms with Crippen LogP contribution in [0.4, 0.5) is 5.82 Å². The SMILES string of the molecule is Cc1cc(NC(=O)CCN2CCN(Cc3ccccc3)CC2)no1. The van der Waals surface area contributed by atoms with E-state index in [9.17, 15) is 4.79 Å². The van der Waals surface area contributed by atoms with E-state index >= 15 is 0 Å². The number of piperazine rings is 1. The zero-order valence-electron chi connectivity index (χ0n) is 14.1. The first-order valence-corrected chi connectivity index (χ1v) is 8.41. The fourth-order valence-electron chi connectivity index (χ4n) is 2.90. The lowest BCUT2D eigenvalue weighted by atomic mass is 10.2. The van der Waals surface area contributed by atoms with Gasteiger partial charge in [0.2, 0.25) is 5.91 Å². The van der Waals surface area contributed by atoms with Crippen LogP contribution >= 0.6 is 0 Å². The minimum atomic E-state index is -0.0185. The summed E-state index contributed by atoms with van der Waals surface area (Å²) in [5.41, 5.74) is 1.35. The summed E-state index contributed by atoms with van der Waals surface area (Å²) < 4.78 is 4.94. The number of hydrogen-bond acceptors (Lipinski definition) is 5. The first-order chi connectivity index (χ1) is 11.7. The van der Waals surface area contributed by atoms with Crippen molar-refractivity contribution in [3.63, 3.8) is 0 Å². The molecule has 6 nitrogen and oxygen atoms in total. The van der Waals surface area contributed by atoms with Crippen LogP contribution in [0.25, 0.3) is 0 Å². The molecule has 1 saturated heterocycles. The van der Waals surface area contributed by atoms with E-state index in [1.54, 1.807) is 13.0 Å². The van der Waals surface area contributed by atoms with Crippen molar-refractivity contribution in [2.24, 2.45) is 0 Å². The van der Waals surface area contributed by atoms with Gasteiger partial charge in [-0.2, -0.15) is 0 Å². The molecule has 0 atom stereocenters. The molecule has 1 aromatic heterocycles. The van der Waals surface area contributed by atoms with E-state index in [1.165, 1.54) is 5.56 Å². The maximum absolute atomic E-state index is 11.9. The van der Waals surface area contributed by atoms with Gasteiger partial charge in [0.05, 0.1) is 0 Å². The van der Waals surface area contributed by atoms with Crippen molar-refractivity contribution >= 4 is 11.7 Å². The molecule has 0 radical (unpaired) electrons. The molecule has 1 amide bonds. The van der Waals surface area contributed by atoms with E-state index in [1.807, 2.05) is 6.07 Å². The second-order valence-electron chi connectivity index (χ2n) is 6.22. The number of rotatable bonds is 6. The first-order valence-electron chi connectivity index (χ1n) is 8.41. The van der Waals surface area contributed by atoms with E-state index in [2.05, 4.69) is 44.5 Å². The van der Waals surface area contributed by atoms with Gasteiger partial charge in [0.1, 0.15) is 5.76 Å². The summed E-state index contributed by atoms with van der Waals surface area (Å²) in [6.45, 7) is 7.67. The molecule has 0 spiro atoms. The molecule has 0 saturated carbocycles. The summed E-state index contributed by atoms with van der Waals surface area (Å²) in [5, 5.41) is 6.54. The lowest BCUT2D eigenvalue weighted by molar-refractivity contribution is -0.116. The van der Waals surface area contributed by atoms with Crippen LogP contribution in [0.1, 0.15) is 17.7 Å². The summed E-state index contributed by atoms with van der Waals surface area (Å²) in [5.74, 6) is 1.17. The number of amides is 1. The van der Waals surface area contributed by atoms with Crippen molar-refractivity contribution in [3.05, 3.63) is 47.7 Å². The molecule has 2 aromatic rings. The lowest BCUT2D eigenvalue weighted by Gasteiger charge is -2.34. The average Bonchev–Trinajstić information content (AvgIpc) is 3.00. The van der Waals surface area contributed by atoms with Gasteiger partial charge in [-0.3, -0.25) is 9.69 Å². The summed E-state index contributed by atoms with van der Waals surface area (Å²) >= 11 is 0. The molecule has 0 bridgehead atoms. The van der Waals surface area contributed by atoms with Gasteiger partial charge in [-0.25, -0.2) is 0 Å². The van der Waals surface area contributed by atoms with Crippen molar-refractivity contribution in [2.45, 2.75) is 19.9 Å². The molecular weight excluding hydrogens is 304 g/mol. The summed E-state index contributed by atoms with van der Waals surface area (Å²) in [6, 6.07) is 12.3. The highest BCUT2D eigenvalue weighted by atomic mass is 16.5. The third-order valence-corrected chi connectivity index (χ3v) is 4.26. The Labute approximate surface area is 142 Å². The van der Waals surface area contributed by atoms with E-state index in [0.29, 0.717) is 18.0 Å². The van der Waals surface area contributed by atoms with E-state index in [4.69, 9.17) is 4.52 Å². The van der Waals surface area contributed by atoms with Crippen molar-refractivity contribution in [1.29, 1.82) is 0 Å². The van der Waals surface area contributed by atoms with Gasteiger partial charge in [0.25, 0.3) is 0 Å². The monoisotopic (exact) mass is 328 g/mol. The van der Waals surface area contributed by atoms with Crippen LogP contribution in [0.2, 0.25) is 0 Å². The predicted molar refractivity (Wildman–Crippen MR) is 92.6 cm³/mol. The highest BCUT2D eigenvalue weighted by Gasteiger charge is 2.17. The molecule has 1 N–H and O–H groups in total. The van der Waals surface area contributed by atoms with Crippen molar-refractivity contribution in [2.75, 3.05) is 38.0 Å². The Hall–Kier alpha value is -2.18. The number of carbonyl (C=O) groups excluding carboxylic acids is 1. The molecule has 1 aromatic carbocycles. The third kappa shape index (κ3) is 4.91. The Morgan fingerprint density at radius 3 is 2.54 bits per heavy atom. The Kier molecular flexibility index (Phi) is 5.61. The minimum Gasteiger partial charge on any atom is -0.360 e. The Balaban J connectivity index is 1.35. The molecular formula is C18H24N4O2. The Morgan fingerprint density at radius 2 is 1.88 bits per heavy atom. The summed E-state index contributed by atoms with van der Waals surface area (Å²) in [6.07, 6.45) is 0.477. The van der Waals surface area contributed by atoms with Crippen molar-refractivity contribution in [1.82, 2.24) is 15.0 Å². The smallest absolute Gasteiger partial charge is 0.226 e. The summed E-state index contributed by atoms with van der Waals surface area (Å²) in [7, 11) is 0. The van der Waals surface area contributed by atoms with Crippen LogP contribution in [-0.2, 0) is 11.3 Å². The molecule has 2 heterocycles.